The van der Waals surface area contributed by atoms with E-state index < -0.39 is 0 Å². The number of benzene rings is 3. The molecule has 1 aromatic heterocycles. The fraction of sp³-hybridized carbons (Fsp3) is 0.217. The molecule has 0 bridgehead atoms. The second-order valence-electron chi connectivity index (χ2n) is 6.59. The van der Waals surface area contributed by atoms with E-state index in [0.717, 1.165) is 5.82 Å². The highest BCUT2D eigenvalue weighted by atomic mass is 14.8. The van der Waals surface area contributed by atoms with Crippen LogP contribution in [0.15, 0.2) is 67.0 Å². The molecule has 124 valence electrons. The van der Waals surface area contributed by atoms with Gasteiger partial charge in [-0.2, -0.15) is 0 Å². The Balaban J connectivity index is 0.000000190. The zero-order chi connectivity index (χ0) is 17.1. The molecule has 0 aliphatic heterocycles. The average Bonchev–Trinajstić information content (AvgIpc) is 2.68. The molecule has 0 saturated carbocycles. The summed E-state index contributed by atoms with van der Waals surface area (Å²) >= 11 is 0. The summed E-state index contributed by atoms with van der Waals surface area (Å²) in [7, 11) is 0. The van der Waals surface area contributed by atoms with Crippen LogP contribution in [0, 0.1) is 6.92 Å². The Morgan fingerprint density at radius 2 is 1.44 bits per heavy atom. The first-order valence-electron chi connectivity index (χ1n) is 8.99. The lowest BCUT2D eigenvalue weighted by Gasteiger charge is -2.18. The standard InChI is InChI=1S/C18H16.C5H6N2/c1-3-7-15-13(5-1)9-11-18-16-8-4-2-6-14(16)10-12-17(15)18;1-5-6-3-2-4-7-5/h1,3,5,7,9-12H,2,4,6,8H2;2-4H,1H3. The van der Waals surface area contributed by atoms with E-state index in [4.69, 9.17) is 0 Å². The molecular formula is C23H22N2. The van der Waals surface area contributed by atoms with E-state index in [9.17, 15) is 0 Å². The van der Waals surface area contributed by atoms with Crippen molar-refractivity contribution in [3.05, 3.63) is 83.9 Å². The number of nitrogens with zero attached hydrogens (tertiary/aromatic N) is 2. The van der Waals surface area contributed by atoms with Crippen molar-refractivity contribution in [3.8, 4) is 0 Å². The Hall–Kier alpha value is -2.74. The summed E-state index contributed by atoms with van der Waals surface area (Å²) in [5, 5.41) is 5.64. The SMILES string of the molecule is Cc1ncccn1.c1ccc2c(c1)ccc1c3c(ccc12)CCCC3. The van der Waals surface area contributed by atoms with Crippen molar-refractivity contribution in [3.63, 3.8) is 0 Å². The third-order valence-electron chi connectivity index (χ3n) is 4.95. The summed E-state index contributed by atoms with van der Waals surface area (Å²) < 4.78 is 0. The van der Waals surface area contributed by atoms with E-state index in [1.807, 2.05) is 6.92 Å². The zero-order valence-corrected chi connectivity index (χ0v) is 14.6. The summed E-state index contributed by atoms with van der Waals surface area (Å²) in [6.45, 7) is 1.86. The summed E-state index contributed by atoms with van der Waals surface area (Å²) in [5.74, 6) is 0.822. The van der Waals surface area contributed by atoms with Crippen LogP contribution in [0.1, 0.15) is 29.8 Å². The van der Waals surface area contributed by atoms with Gasteiger partial charge in [-0.1, -0.05) is 48.5 Å². The number of hydrogen-bond acceptors (Lipinski definition) is 2. The maximum atomic E-state index is 3.87. The average molecular weight is 326 g/mol. The van der Waals surface area contributed by atoms with E-state index in [2.05, 4.69) is 58.5 Å². The molecule has 2 nitrogen and oxygen atoms in total. The molecule has 2 heteroatoms. The molecule has 1 aliphatic carbocycles. The van der Waals surface area contributed by atoms with Crippen molar-refractivity contribution in [2.24, 2.45) is 0 Å². The van der Waals surface area contributed by atoms with Crippen molar-refractivity contribution in [1.82, 2.24) is 9.97 Å². The molecule has 0 unspecified atom stereocenters. The van der Waals surface area contributed by atoms with Gasteiger partial charge in [0.1, 0.15) is 5.82 Å². The van der Waals surface area contributed by atoms with E-state index in [1.165, 1.54) is 47.2 Å². The second-order valence-corrected chi connectivity index (χ2v) is 6.59. The minimum atomic E-state index is 0.822. The first-order chi connectivity index (χ1) is 12.3. The van der Waals surface area contributed by atoms with E-state index in [-0.39, 0.29) is 0 Å². The topological polar surface area (TPSA) is 25.8 Å². The van der Waals surface area contributed by atoms with E-state index in [1.54, 1.807) is 29.6 Å². The van der Waals surface area contributed by atoms with Gasteiger partial charge in [0, 0.05) is 12.4 Å². The van der Waals surface area contributed by atoms with Gasteiger partial charge >= 0.3 is 0 Å². The molecule has 4 aromatic rings. The molecule has 1 heterocycles. The molecule has 0 atom stereocenters. The van der Waals surface area contributed by atoms with Crippen LogP contribution in [0.4, 0.5) is 0 Å². The summed E-state index contributed by atoms with van der Waals surface area (Å²) in [6, 6.07) is 19.8. The molecule has 1 aliphatic rings. The number of rotatable bonds is 0. The van der Waals surface area contributed by atoms with Crippen LogP contribution in [0.5, 0.6) is 0 Å². The van der Waals surface area contributed by atoms with Crippen LogP contribution in [-0.4, -0.2) is 9.97 Å². The van der Waals surface area contributed by atoms with Crippen molar-refractivity contribution in [1.29, 1.82) is 0 Å². The second kappa shape index (κ2) is 7.02. The van der Waals surface area contributed by atoms with Crippen molar-refractivity contribution in [2.45, 2.75) is 32.6 Å². The van der Waals surface area contributed by atoms with Crippen LogP contribution >= 0.6 is 0 Å². The largest absolute Gasteiger partial charge is 0.242 e. The fourth-order valence-electron chi connectivity index (χ4n) is 3.72. The van der Waals surface area contributed by atoms with Gasteiger partial charge in [-0.05, 0) is 71.3 Å². The molecule has 25 heavy (non-hydrogen) atoms. The Morgan fingerprint density at radius 1 is 0.680 bits per heavy atom. The van der Waals surface area contributed by atoms with Crippen molar-refractivity contribution < 1.29 is 0 Å². The third kappa shape index (κ3) is 3.25. The predicted molar refractivity (Wildman–Crippen MR) is 105 cm³/mol. The predicted octanol–water partition coefficient (Wildman–Crippen LogP) is 5.66. The van der Waals surface area contributed by atoms with Crippen LogP contribution in [-0.2, 0) is 12.8 Å². The molecular weight excluding hydrogens is 304 g/mol. The lowest BCUT2D eigenvalue weighted by atomic mass is 9.86. The highest BCUT2D eigenvalue weighted by Gasteiger charge is 2.13. The number of hydrogen-bond donors (Lipinski definition) is 0. The molecule has 0 N–H and O–H groups in total. The van der Waals surface area contributed by atoms with Gasteiger partial charge in [0.15, 0.2) is 0 Å². The molecule has 0 saturated heterocycles. The maximum absolute atomic E-state index is 3.87. The zero-order valence-electron chi connectivity index (χ0n) is 14.6. The highest BCUT2D eigenvalue weighted by Crippen LogP contribution is 2.33. The van der Waals surface area contributed by atoms with Crippen LogP contribution in [0.25, 0.3) is 21.5 Å². The molecule has 0 amide bonds. The van der Waals surface area contributed by atoms with Crippen LogP contribution in [0.3, 0.4) is 0 Å². The highest BCUT2D eigenvalue weighted by molar-refractivity contribution is 6.08. The normalized spacial score (nSPS) is 13.2. The van der Waals surface area contributed by atoms with Gasteiger partial charge in [-0.15, -0.1) is 0 Å². The molecule has 3 aromatic carbocycles. The number of aromatic nitrogens is 2. The molecule has 0 fully saturated rings. The van der Waals surface area contributed by atoms with Crippen LogP contribution in [0.2, 0.25) is 0 Å². The van der Waals surface area contributed by atoms with Gasteiger partial charge in [-0.25, -0.2) is 9.97 Å². The van der Waals surface area contributed by atoms with Gasteiger partial charge in [0.25, 0.3) is 0 Å². The number of aryl methyl sites for hydroxylation is 3. The lowest BCUT2D eigenvalue weighted by molar-refractivity contribution is 0.690. The molecule has 0 spiro atoms. The first kappa shape index (κ1) is 15.8. The summed E-state index contributed by atoms with van der Waals surface area (Å²) in [4.78, 5) is 7.74. The van der Waals surface area contributed by atoms with Crippen LogP contribution < -0.4 is 0 Å². The van der Waals surface area contributed by atoms with Gasteiger partial charge < -0.3 is 0 Å². The summed E-state index contributed by atoms with van der Waals surface area (Å²) in [5.41, 5.74) is 3.17. The fourth-order valence-corrected chi connectivity index (χ4v) is 3.72. The Morgan fingerprint density at radius 3 is 2.24 bits per heavy atom. The van der Waals surface area contributed by atoms with Gasteiger partial charge in [0.2, 0.25) is 0 Å². The number of fused-ring (bicyclic) bond motifs is 5. The monoisotopic (exact) mass is 326 g/mol. The Labute approximate surface area is 148 Å². The Kier molecular flexibility index (Phi) is 4.43. The smallest absolute Gasteiger partial charge is 0.125 e. The lowest BCUT2D eigenvalue weighted by Crippen LogP contribution is -2.02. The molecule has 0 radical (unpaired) electrons. The van der Waals surface area contributed by atoms with E-state index in [0.29, 0.717) is 0 Å². The maximum Gasteiger partial charge on any atom is 0.125 e. The minimum Gasteiger partial charge on any atom is -0.242 e. The van der Waals surface area contributed by atoms with Crippen molar-refractivity contribution in [2.75, 3.05) is 0 Å². The van der Waals surface area contributed by atoms with Gasteiger partial charge in [-0.3, -0.25) is 0 Å². The van der Waals surface area contributed by atoms with Crippen molar-refractivity contribution >= 4 is 21.5 Å². The molecule has 5 rings (SSSR count). The third-order valence-corrected chi connectivity index (χ3v) is 4.95. The Bertz CT molecular complexity index is 1010. The minimum absolute atomic E-state index is 0.822. The first-order valence-corrected chi connectivity index (χ1v) is 8.99. The summed E-state index contributed by atoms with van der Waals surface area (Å²) in [6.07, 6.45) is 8.67. The quantitative estimate of drug-likeness (QED) is 0.390. The van der Waals surface area contributed by atoms with E-state index >= 15 is 0 Å². The van der Waals surface area contributed by atoms with Gasteiger partial charge in [0.05, 0.1) is 0 Å².